The van der Waals surface area contributed by atoms with Crippen molar-refractivity contribution in [1.82, 2.24) is 0 Å². The van der Waals surface area contributed by atoms with E-state index in [4.69, 9.17) is 22.9 Å². The first-order valence-electron chi connectivity index (χ1n) is 19.9. The molecular formula is C40H64CdN4-2. The summed E-state index contributed by atoms with van der Waals surface area (Å²) < 4.78 is 0. The molecule has 45 heavy (non-hydrogen) atoms. The maximum absolute atomic E-state index is 8.21. The van der Waals surface area contributed by atoms with E-state index in [1.807, 2.05) is 0 Å². The molecule has 5 heteroatoms. The Labute approximate surface area is 296 Å². The third-order valence-electron chi connectivity index (χ3n) is 16.2. The molecule has 0 spiro atoms. The zero-order valence-electron chi connectivity index (χ0n) is 28.6. The van der Waals surface area contributed by atoms with Crippen LogP contribution >= 0.6 is 0 Å². The van der Waals surface area contributed by atoms with Gasteiger partial charge >= 0.3 is 27.3 Å². The molecule has 0 heterocycles. The SMILES string of the molecule is [Cd+2].[NH-]C12CC3CC(CC(C3)C1)C2.[NH-]C12CC3CC(CC(C3)C1)C2.[NH-]C12CC3CC(CC(C3)C1)C2.[NH-]C12CC3CC(CC(C3)C1)C2. The van der Waals surface area contributed by atoms with Crippen LogP contribution in [0.5, 0.6) is 0 Å². The summed E-state index contributed by atoms with van der Waals surface area (Å²) in [5.41, 5.74) is 33.0. The first-order chi connectivity index (χ1) is 20.9. The third-order valence-corrected chi connectivity index (χ3v) is 16.2. The van der Waals surface area contributed by atoms with Crippen LogP contribution in [0.15, 0.2) is 0 Å². The van der Waals surface area contributed by atoms with E-state index < -0.39 is 0 Å². The maximum Gasteiger partial charge on any atom is 2.00 e. The molecule has 0 aromatic carbocycles. The molecule has 0 atom stereocenters. The Morgan fingerprint density at radius 2 is 0.311 bits per heavy atom. The van der Waals surface area contributed by atoms with Crippen LogP contribution in [-0.4, -0.2) is 22.2 Å². The quantitative estimate of drug-likeness (QED) is 0.224. The van der Waals surface area contributed by atoms with Crippen molar-refractivity contribution >= 4 is 0 Å². The molecule has 0 unspecified atom stereocenters. The maximum atomic E-state index is 8.21. The fourth-order valence-electron chi connectivity index (χ4n) is 16.4. The van der Waals surface area contributed by atoms with E-state index in [-0.39, 0.29) is 49.5 Å². The van der Waals surface area contributed by atoms with E-state index in [1.165, 1.54) is 154 Å². The van der Waals surface area contributed by atoms with Crippen LogP contribution in [0.2, 0.25) is 0 Å². The second-order valence-electron chi connectivity index (χ2n) is 20.8. The Kier molecular flexibility index (Phi) is 8.73. The van der Waals surface area contributed by atoms with Gasteiger partial charge < -0.3 is 22.9 Å². The van der Waals surface area contributed by atoms with Crippen molar-refractivity contribution < 1.29 is 27.3 Å². The second kappa shape index (κ2) is 11.9. The average molecular weight is 713 g/mol. The monoisotopic (exact) mass is 714 g/mol. The Morgan fingerprint density at radius 3 is 0.378 bits per heavy atom. The molecule has 0 radical (unpaired) electrons. The van der Waals surface area contributed by atoms with E-state index in [1.54, 1.807) is 0 Å². The van der Waals surface area contributed by atoms with E-state index in [0.29, 0.717) is 0 Å². The second-order valence-corrected chi connectivity index (χ2v) is 20.8. The van der Waals surface area contributed by atoms with Crippen LogP contribution in [-0.2, 0) is 27.3 Å². The fraction of sp³-hybridized carbons (Fsp3) is 1.00. The zero-order chi connectivity index (χ0) is 29.9. The summed E-state index contributed by atoms with van der Waals surface area (Å²) in [6.07, 6.45) is 32.5. The standard InChI is InChI=1S/4C10H16N.Cd/c4*11-10-4-7-1-8(5-10)3-9(2-7)6-10;/h4*7-9,11H,1-6H2;/q4*-1;+2. The summed E-state index contributed by atoms with van der Waals surface area (Å²) in [4.78, 5) is 0. The Morgan fingerprint density at radius 1 is 0.222 bits per heavy atom. The largest absolute Gasteiger partial charge is 2.00 e. The van der Waals surface area contributed by atoms with Crippen LogP contribution in [0.1, 0.15) is 154 Å². The normalized spacial score (nSPS) is 58.9. The molecule has 0 aromatic rings. The van der Waals surface area contributed by atoms with Crippen LogP contribution in [0.25, 0.3) is 22.9 Å². The number of nitrogens with one attached hydrogen (secondary N) is 4. The van der Waals surface area contributed by atoms with Crippen LogP contribution < -0.4 is 0 Å². The van der Waals surface area contributed by atoms with Gasteiger partial charge in [-0.2, -0.15) is 0 Å². The fourth-order valence-corrected chi connectivity index (χ4v) is 16.4. The van der Waals surface area contributed by atoms with Crippen molar-refractivity contribution in [2.45, 2.75) is 176 Å². The van der Waals surface area contributed by atoms with Gasteiger partial charge in [0.25, 0.3) is 0 Å². The van der Waals surface area contributed by atoms with Crippen molar-refractivity contribution in [3.05, 3.63) is 22.9 Å². The van der Waals surface area contributed by atoms with Gasteiger partial charge in [0.05, 0.1) is 0 Å². The third kappa shape index (κ3) is 6.92. The van der Waals surface area contributed by atoms with Crippen LogP contribution in [0.4, 0.5) is 0 Å². The molecule has 16 bridgehead atoms. The summed E-state index contributed by atoms with van der Waals surface area (Å²) in [5.74, 6) is 11.5. The molecule has 0 aromatic heterocycles. The van der Waals surface area contributed by atoms with Crippen molar-refractivity contribution in [3.8, 4) is 0 Å². The molecule has 0 amide bonds. The van der Waals surface area contributed by atoms with Gasteiger partial charge in [0.15, 0.2) is 0 Å². The Hall–Kier alpha value is 0.762. The summed E-state index contributed by atoms with van der Waals surface area (Å²) >= 11 is 0. The average Bonchev–Trinajstić information content (AvgIpc) is 2.84. The van der Waals surface area contributed by atoms with Gasteiger partial charge in [-0.15, -0.1) is 22.2 Å². The summed E-state index contributed by atoms with van der Waals surface area (Å²) in [5, 5.41) is 0. The molecule has 0 aliphatic heterocycles. The molecule has 248 valence electrons. The van der Waals surface area contributed by atoms with E-state index in [0.717, 1.165) is 71.0 Å². The molecule has 16 aliphatic rings. The topological polar surface area (TPSA) is 95.2 Å². The van der Waals surface area contributed by atoms with Gasteiger partial charge in [0, 0.05) is 0 Å². The molecule has 16 fully saturated rings. The number of hydrogen-bond acceptors (Lipinski definition) is 0. The summed E-state index contributed by atoms with van der Waals surface area (Å²) in [7, 11) is 0. The molecule has 16 saturated carbocycles. The number of hydrogen-bond donors (Lipinski definition) is 0. The summed E-state index contributed by atoms with van der Waals surface area (Å²) in [6.45, 7) is 0. The van der Waals surface area contributed by atoms with Crippen molar-refractivity contribution in [2.24, 2.45) is 71.0 Å². The van der Waals surface area contributed by atoms with E-state index in [2.05, 4.69) is 0 Å². The Bertz CT molecular complexity index is 775. The first kappa shape index (κ1) is 32.9. The van der Waals surface area contributed by atoms with Crippen molar-refractivity contribution in [2.75, 3.05) is 0 Å². The van der Waals surface area contributed by atoms with Gasteiger partial charge in [0.1, 0.15) is 0 Å². The molecule has 16 rings (SSSR count). The predicted octanol–water partition coefficient (Wildman–Crippen LogP) is 12.0. The Balaban J connectivity index is 0.0000000884. The predicted molar refractivity (Wildman–Crippen MR) is 181 cm³/mol. The summed E-state index contributed by atoms with van der Waals surface area (Å²) in [6, 6.07) is 0. The molecular weight excluding hydrogens is 649 g/mol. The molecule has 4 N–H and O–H groups in total. The van der Waals surface area contributed by atoms with Gasteiger partial charge in [-0.25, -0.2) is 0 Å². The minimum absolute atomic E-state index is 0. The van der Waals surface area contributed by atoms with E-state index in [9.17, 15) is 0 Å². The smallest absolute Gasteiger partial charge is 0.672 e. The van der Waals surface area contributed by atoms with Gasteiger partial charge in [0.2, 0.25) is 0 Å². The van der Waals surface area contributed by atoms with E-state index >= 15 is 0 Å². The van der Waals surface area contributed by atoms with Crippen LogP contribution in [0.3, 0.4) is 0 Å². The molecule has 16 aliphatic carbocycles. The van der Waals surface area contributed by atoms with Gasteiger partial charge in [-0.1, -0.05) is 77.0 Å². The number of rotatable bonds is 0. The van der Waals surface area contributed by atoms with Crippen LogP contribution in [0, 0.1) is 71.0 Å². The zero-order valence-corrected chi connectivity index (χ0v) is 32.6. The first-order valence-corrected chi connectivity index (χ1v) is 19.9. The molecule has 4 nitrogen and oxygen atoms in total. The van der Waals surface area contributed by atoms with Gasteiger partial charge in [-0.05, 0) is 148 Å². The minimum atomic E-state index is 0. The van der Waals surface area contributed by atoms with Crippen molar-refractivity contribution in [3.63, 3.8) is 0 Å². The minimum Gasteiger partial charge on any atom is -0.672 e. The molecule has 0 saturated heterocycles. The van der Waals surface area contributed by atoms with Crippen molar-refractivity contribution in [1.29, 1.82) is 0 Å². The van der Waals surface area contributed by atoms with Gasteiger partial charge in [-0.3, -0.25) is 0 Å².